The molecule has 0 saturated carbocycles. The summed E-state index contributed by atoms with van der Waals surface area (Å²) in [6.45, 7) is 0. The van der Waals surface area contributed by atoms with Gasteiger partial charge in [-0.2, -0.15) is 0 Å². The summed E-state index contributed by atoms with van der Waals surface area (Å²) in [7, 11) is -3.80. The number of nitrogens with two attached hydrogens (primary N) is 1. The maximum atomic E-state index is 13.2. The van der Waals surface area contributed by atoms with Crippen molar-refractivity contribution in [2.75, 3.05) is 5.73 Å². The Morgan fingerprint density at radius 2 is 1.80 bits per heavy atom. The summed E-state index contributed by atoms with van der Waals surface area (Å²) in [4.78, 5) is -0.266. The molecule has 2 N–H and O–H groups in total. The van der Waals surface area contributed by atoms with Gasteiger partial charge in [-0.05, 0) is 51.8 Å². The first kappa shape index (κ1) is 14.9. The lowest BCUT2D eigenvalue weighted by Crippen LogP contribution is -2.08. The van der Waals surface area contributed by atoms with Gasteiger partial charge in [-0.15, -0.1) is 0 Å². The number of hydrogen-bond donors (Lipinski definition) is 1. The third-order valence-electron chi connectivity index (χ3n) is 2.65. The zero-order valence-electron chi connectivity index (χ0n) is 10.1. The van der Waals surface area contributed by atoms with Crippen molar-refractivity contribution in [2.45, 2.75) is 10.6 Å². The molecule has 0 aliphatic carbocycles. The summed E-state index contributed by atoms with van der Waals surface area (Å²) in [5.41, 5.74) is 5.92. The smallest absolute Gasteiger partial charge is 0.184 e. The van der Waals surface area contributed by atoms with Crippen LogP contribution in [-0.2, 0) is 15.6 Å². The van der Waals surface area contributed by atoms with Crippen LogP contribution in [0.5, 0.6) is 0 Å². The van der Waals surface area contributed by atoms with Gasteiger partial charge < -0.3 is 5.73 Å². The van der Waals surface area contributed by atoms with E-state index in [4.69, 9.17) is 5.73 Å². The monoisotopic (exact) mass is 361 g/mol. The molecule has 0 amide bonds. The van der Waals surface area contributed by atoms with Crippen LogP contribution in [0.1, 0.15) is 5.56 Å². The van der Waals surface area contributed by atoms with Gasteiger partial charge in [0.25, 0.3) is 0 Å². The van der Waals surface area contributed by atoms with Gasteiger partial charge in [-0.25, -0.2) is 17.2 Å². The Morgan fingerprint density at radius 3 is 2.45 bits per heavy atom. The predicted octanol–water partition coefficient (Wildman–Crippen LogP) is 3.28. The van der Waals surface area contributed by atoms with Crippen molar-refractivity contribution in [3.63, 3.8) is 0 Å². The number of rotatable bonds is 3. The fourth-order valence-corrected chi connectivity index (χ4v) is 3.62. The first-order valence-electron chi connectivity index (χ1n) is 5.51. The Balaban J connectivity index is 2.40. The zero-order valence-corrected chi connectivity index (χ0v) is 12.5. The molecule has 0 atom stereocenters. The van der Waals surface area contributed by atoms with Gasteiger partial charge in [-0.1, -0.05) is 6.07 Å². The molecule has 0 heterocycles. The van der Waals surface area contributed by atoms with Gasteiger partial charge in [-0.3, -0.25) is 0 Å². The molecule has 0 unspecified atom stereocenters. The van der Waals surface area contributed by atoms with Crippen LogP contribution >= 0.6 is 15.9 Å². The molecule has 106 valence electrons. The van der Waals surface area contributed by atoms with E-state index in [1.807, 2.05) is 0 Å². The fourth-order valence-electron chi connectivity index (χ4n) is 1.70. The lowest BCUT2D eigenvalue weighted by molar-refractivity contribution is 0.590. The van der Waals surface area contributed by atoms with E-state index in [0.717, 1.165) is 18.2 Å². The Morgan fingerprint density at radius 1 is 1.10 bits per heavy atom. The molecule has 0 fully saturated rings. The highest BCUT2D eigenvalue weighted by molar-refractivity contribution is 9.10. The second-order valence-corrected chi connectivity index (χ2v) is 7.00. The van der Waals surface area contributed by atoms with Crippen molar-refractivity contribution in [2.24, 2.45) is 0 Å². The third-order valence-corrected chi connectivity index (χ3v) is 5.00. The lowest BCUT2D eigenvalue weighted by atomic mass is 10.2. The van der Waals surface area contributed by atoms with Gasteiger partial charge in [0, 0.05) is 0 Å². The Kier molecular flexibility index (Phi) is 4.10. The van der Waals surface area contributed by atoms with Gasteiger partial charge in [0.1, 0.15) is 11.6 Å². The maximum Gasteiger partial charge on any atom is 0.184 e. The molecule has 0 spiro atoms. The minimum atomic E-state index is -3.80. The number of sulfone groups is 1. The molecular formula is C13H10BrF2NO2S. The topological polar surface area (TPSA) is 60.2 Å². The van der Waals surface area contributed by atoms with Gasteiger partial charge in [0.2, 0.25) is 0 Å². The quantitative estimate of drug-likeness (QED) is 0.853. The average molecular weight is 362 g/mol. The molecule has 2 aromatic rings. The van der Waals surface area contributed by atoms with Crippen molar-refractivity contribution < 1.29 is 17.2 Å². The highest BCUT2D eigenvalue weighted by Crippen LogP contribution is 2.25. The van der Waals surface area contributed by atoms with Gasteiger partial charge in [0.05, 0.1) is 20.8 Å². The van der Waals surface area contributed by atoms with E-state index in [2.05, 4.69) is 15.9 Å². The summed E-state index contributed by atoms with van der Waals surface area (Å²) in [5.74, 6) is -1.56. The van der Waals surface area contributed by atoms with E-state index in [-0.39, 0.29) is 20.8 Å². The lowest BCUT2D eigenvalue weighted by Gasteiger charge is -2.08. The first-order valence-corrected chi connectivity index (χ1v) is 7.96. The number of benzene rings is 2. The van der Waals surface area contributed by atoms with Crippen molar-refractivity contribution in [3.8, 4) is 0 Å². The van der Waals surface area contributed by atoms with Crippen LogP contribution in [-0.4, -0.2) is 8.42 Å². The molecule has 0 aliphatic heterocycles. The summed E-state index contributed by atoms with van der Waals surface area (Å²) in [6.07, 6.45) is 0. The molecule has 0 aliphatic rings. The van der Waals surface area contributed by atoms with E-state index in [1.54, 1.807) is 0 Å². The average Bonchev–Trinajstić information content (AvgIpc) is 2.36. The van der Waals surface area contributed by atoms with Crippen LogP contribution in [0.3, 0.4) is 0 Å². The molecule has 0 aromatic heterocycles. The molecule has 0 saturated heterocycles. The Bertz CT molecular complexity index is 763. The SMILES string of the molecule is Nc1ccc(F)cc1S(=O)(=O)Cc1ccc(F)c(Br)c1. The molecule has 2 rings (SSSR count). The van der Waals surface area contributed by atoms with Crippen LogP contribution in [0.4, 0.5) is 14.5 Å². The third kappa shape index (κ3) is 3.16. The van der Waals surface area contributed by atoms with Crippen molar-refractivity contribution in [1.82, 2.24) is 0 Å². The van der Waals surface area contributed by atoms with Crippen molar-refractivity contribution >= 4 is 31.5 Å². The predicted molar refractivity (Wildman–Crippen MR) is 75.8 cm³/mol. The van der Waals surface area contributed by atoms with Gasteiger partial charge in [0.15, 0.2) is 9.84 Å². The zero-order chi connectivity index (χ0) is 14.9. The number of nitrogen functional groups attached to an aromatic ring is 1. The summed E-state index contributed by atoms with van der Waals surface area (Å²) in [5, 5.41) is 0. The Hall–Kier alpha value is -1.47. The standard InChI is InChI=1S/C13H10BrF2NO2S/c14-10-5-8(1-3-11(10)16)7-20(18,19)13-6-9(15)2-4-12(13)17/h1-6H,7,17H2. The molecular weight excluding hydrogens is 352 g/mol. The second-order valence-electron chi connectivity index (χ2n) is 4.19. The van der Waals surface area contributed by atoms with E-state index in [1.165, 1.54) is 18.2 Å². The highest BCUT2D eigenvalue weighted by atomic mass is 79.9. The van der Waals surface area contributed by atoms with E-state index in [9.17, 15) is 17.2 Å². The van der Waals surface area contributed by atoms with Crippen LogP contribution in [0, 0.1) is 11.6 Å². The number of halogens is 3. The molecule has 0 radical (unpaired) electrons. The van der Waals surface area contributed by atoms with E-state index in [0.29, 0.717) is 5.56 Å². The van der Waals surface area contributed by atoms with Crippen LogP contribution in [0.2, 0.25) is 0 Å². The summed E-state index contributed by atoms with van der Waals surface area (Å²) >= 11 is 2.98. The second kappa shape index (κ2) is 5.49. The van der Waals surface area contributed by atoms with E-state index >= 15 is 0 Å². The van der Waals surface area contributed by atoms with Crippen molar-refractivity contribution in [3.05, 3.63) is 58.1 Å². The normalized spacial score (nSPS) is 11.6. The molecule has 2 aromatic carbocycles. The first-order chi connectivity index (χ1) is 9.29. The summed E-state index contributed by atoms with van der Waals surface area (Å²) < 4.78 is 50.9. The maximum absolute atomic E-state index is 13.2. The minimum Gasteiger partial charge on any atom is -0.398 e. The summed E-state index contributed by atoms with van der Waals surface area (Å²) in [6, 6.07) is 7.04. The minimum absolute atomic E-state index is 0.0208. The largest absolute Gasteiger partial charge is 0.398 e. The molecule has 20 heavy (non-hydrogen) atoms. The van der Waals surface area contributed by atoms with Gasteiger partial charge >= 0.3 is 0 Å². The van der Waals surface area contributed by atoms with Crippen LogP contribution in [0.25, 0.3) is 0 Å². The fraction of sp³-hybridized carbons (Fsp3) is 0.0769. The van der Waals surface area contributed by atoms with Crippen LogP contribution in [0.15, 0.2) is 45.8 Å². The Labute approximate surface area is 123 Å². The number of anilines is 1. The molecule has 3 nitrogen and oxygen atoms in total. The van der Waals surface area contributed by atoms with Crippen LogP contribution < -0.4 is 5.73 Å². The number of hydrogen-bond acceptors (Lipinski definition) is 3. The molecule has 7 heteroatoms. The molecule has 0 bridgehead atoms. The highest BCUT2D eigenvalue weighted by Gasteiger charge is 2.19. The van der Waals surface area contributed by atoms with Crippen molar-refractivity contribution in [1.29, 1.82) is 0 Å². The van der Waals surface area contributed by atoms with E-state index < -0.39 is 21.5 Å².